The summed E-state index contributed by atoms with van der Waals surface area (Å²) in [5.74, 6) is -1.27. The molecule has 0 aliphatic carbocycles. The first-order chi connectivity index (χ1) is 17.7. The minimum atomic E-state index is -0.646. The van der Waals surface area contributed by atoms with Crippen LogP contribution in [0.3, 0.4) is 0 Å². The first-order valence-electron chi connectivity index (χ1n) is 12.0. The van der Waals surface area contributed by atoms with Crippen LogP contribution in [0, 0.1) is 11.6 Å². The molecule has 0 radical (unpaired) electrons. The van der Waals surface area contributed by atoms with E-state index in [1.54, 1.807) is 33.7 Å². The number of nitrogens with zero attached hydrogens (tertiary/aromatic N) is 6. The molecular weight excluding hydrogens is 466 g/mol. The quantitative estimate of drug-likeness (QED) is 0.333. The zero-order chi connectivity index (χ0) is 24.5. The summed E-state index contributed by atoms with van der Waals surface area (Å²) < 4.78 is 44.7. The lowest BCUT2D eigenvalue weighted by molar-refractivity contribution is -0.163. The third kappa shape index (κ3) is 4.45. The van der Waals surface area contributed by atoms with Gasteiger partial charge in [-0.3, -0.25) is 9.67 Å². The fourth-order valence-corrected chi connectivity index (χ4v) is 4.47. The van der Waals surface area contributed by atoms with Crippen LogP contribution in [0.25, 0.3) is 27.8 Å². The molecule has 1 saturated heterocycles. The van der Waals surface area contributed by atoms with Gasteiger partial charge in [-0.15, -0.1) is 0 Å². The van der Waals surface area contributed by atoms with E-state index >= 15 is 4.39 Å². The maximum atomic E-state index is 15.1. The molecule has 5 aromatic rings. The Morgan fingerprint density at radius 3 is 2.94 bits per heavy atom. The highest BCUT2D eigenvalue weighted by molar-refractivity contribution is 5.80. The molecule has 1 aliphatic heterocycles. The predicted octanol–water partition coefficient (Wildman–Crippen LogP) is 4.55. The van der Waals surface area contributed by atoms with Gasteiger partial charge in [0.2, 0.25) is 0 Å². The summed E-state index contributed by atoms with van der Waals surface area (Å²) in [5, 5.41) is 9.37. The lowest BCUT2D eigenvalue weighted by Gasteiger charge is -2.22. The van der Waals surface area contributed by atoms with Gasteiger partial charge in [0.1, 0.15) is 11.6 Å². The number of aromatic nitrogens is 6. The van der Waals surface area contributed by atoms with Crippen LogP contribution in [0.1, 0.15) is 30.5 Å². The normalized spacial score (nSPS) is 16.2. The average Bonchev–Trinajstić information content (AvgIpc) is 3.54. The van der Waals surface area contributed by atoms with Crippen molar-refractivity contribution in [1.29, 1.82) is 0 Å². The van der Waals surface area contributed by atoms with Gasteiger partial charge in [0.05, 0.1) is 42.4 Å². The molecule has 1 atom stereocenters. The van der Waals surface area contributed by atoms with Crippen LogP contribution in [0.5, 0.6) is 0 Å². The van der Waals surface area contributed by atoms with Gasteiger partial charge in [0, 0.05) is 48.0 Å². The Morgan fingerprint density at radius 1 is 1.11 bits per heavy atom. The lowest BCUT2D eigenvalue weighted by atomic mass is 10.0. The van der Waals surface area contributed by atoms with Crippen molar-refractivity contribution >= 4 is 16.6 Å². The van der Waals surface area contributed by atoms with Crippen molar-refractivity contribution in [3.05, 3.63) is 78.0 Å². The van der Waals surface area contributed by atoms with Crippen LogP contribution in [0.2, 0.25) is 0 Å². The smallest absolute Gasteiger partial charge is 0.157 e. The number of hydrogen-bond donors (Lipinski definition) is 0. The molecule has 0 N–H and O–H groups in total. The number of imidazole rings is 1. The largest absolute Gasteiger partial charge is 0.353 e. The van der Waals surface area contributed by atoms with Crippen molar-refractivity contribution in [2.75, 3.05) is 13.2 Å². The monoisotopic (exact) mass is 490 g/mol. The van der Waals surface area contributed by atoms with Crippen LogP contribution in [-0.2, 0) is 22.4 Å². The molecule has 1 aliphatic rings. The number of halogens is 2. The number of ether oxygens (including phenoxy) is 2. The zero-order valence-electron chi connectivity index (χ0n) is 19.5. The van der Waals surface area contributed by atoms with E-state index in [1.807, 2.05) is 18.3 Å². The molecule has 1 aromatic carbocycles. The summed E-state index contributed by atoms with van der Waals surface area (Å²) in [6, 6.07) is 8.16. The van der Waals surface area contributed by atoms with Gasteiger partial charge < -0.3 is 9.47 Å². The molecule has 5 heterocycles. The molecule has 0 amide bonds. The number of rotatable bonds is 7. The van der Waals surface area contributed by atoms with E-state index in [1.165, 1.54) is 12.3 Å². The molecular formula is C26H24F2N6O2. The summed E-state index contributed by atoms with van der Waals surface area (Å²) in [5.41, 5.74) is 2.89. The second kappa shape index (κ2) is 9.71. The van der Waals surface area contributed by atoms with Crippen molar-refractivity contribution in [1.82, 2.24) is 29.4 Å². The van der Waals surface area contributed by atoms with Crippen LogP contribution in [0.4, 0.5) is 8.78 Å². The van der Waals surface area contributed by atoms with E-state index in [0.717, 1.165) is 31.4 Å². The van der Waals surface area contributed by atoms with Crippen molar-refractivity contribution < 1.29 is 18.3 Å². The summed E-state index contributed by atoms with van der Waals surface area (Å²) in [6.45, 7) is 1.84. The molecule has 0 spiro atoms. The Kier molecular flexibility index (Phi) is 6.12. The average molecular weight is 491 g/mol. The highest BCUT2D eigenvalue weighted by atomic mass is 19.1. The predicted molar refractivity (Wildman–Crippen MR) is 128 cm³/mol. The van der Waals surface area contributed by atoms with Crippen LogP contribution >= 0.6 is 0 Å². The Labute approximate surface area is 205 Å². The van der Waals surface area contributed by atoms with Crippen LogP contribution in [-0.4, -0.2) is 48.9 Å². The molecule has 4 aromatic heterocycles. The standard InChI is InChI=1S/C26H24F2N6O2/c27-21-13-23-19(4-3-8-29-23)26(28)20(21)12-18-15-30-24-7-6-22(32-34(18)24)17-14-31-33(16-17)9-11-36-25-5-1-2-10-35-25/h3-4,6-8,13-16,25H,1-2,5,9-12H2. The van der Waals surface area contributed by atoms with Gasteiger partial charge in [0.25, 0.3) is 0 Å². The van der Waals surface area contributed by atoms with E-state index in [4.69, 9.17) is 9.47 Å². The third-order valence-corrected chi connectivity index (χ3v) is 6.37. The van der Waals surface area contributed by atoms with Gasteiger partial charge in [-0.25, -0.2) is 18.3 Å². The third-order valence-electron chi connectivity index (χ3n) is 6.37. The molecule has 184 valence electrons. The highest BCUT2D eigenvalue weighted by Gasteiger charge is 2.18. The Hall–Kier alpha value is -3.76. The minimum absolute atomic E-state index is 0.0000403. The van der Waals surface area contributed by atoms with Gasteiger partial charge >= 0.3 is 0 Å². The number of pyridine rings is 1. The molecule has 10 heteroatoms. The Bertz CT molecular complexity index is 1530. The van der Waals surface area contributed by atoms with Crippen molar-refractivity contribution in [2.45, 2.75) is 38.5 Å². The summed E-state index contributed by atoms with van der Waals surface area (Å²) in [4.78, 5) is 8.40. The molecule has 8 nitrogen and oxygen atoms in total. The van der Waals surface area contributed by atoms with E-state index in [-0.39, 0.29) is 29.2 Å². The highest BCUT2D eigenvalue weighted by Crippen LogP contribution is 2.25. The topological polar surface area (TPSA) is 79.4 Å². The maximum Gasteiger partial charge on any atom is 0.157 e. The molecule has 36 heavy (non-hydrogen) atoms. The summed E-state index contributed by atoms with van der Waals surface area (Å²) >= 11 is 0. The van der Waals surface area contributed by atoms with Gasteiger partial charge in [0.15, 0.2) is 11.9 Å². The molecule has 1 unspecified atom stereocenters. The lowest BCUT2D eigenvalue weighted by Crippen LogP contribution is -2.24. The fraction of sp³-hybridized carbons (Fsp3) is 0.308. The minimum Gasteiger partial charge on any atom is -0.353 e. The zero-order valence-corrected chi connectivity index (χ0v) is 19.5. The SMILES string of the molecule is Fc1cc2ncccc2c(F)c1Cc1cnc2ccc(-c3cnn(CCOC4CCCCO4)c3)nn12. The second-order valence-corrected chi connectivity index (χ2v) is 8.79. The van der Waals surface area contributed by atoms with Crippen molar-refractivity contribution in [3.63, 3.8) is 0 Å². The van der Waals surface area contributed by atoms with E-state index in [2.05, 4.69) is 20.2 Å². The Balaban J connectivity index is 1.22. The van der Waals surface area contributed by atoms with Crippen molar-refractivity contribution in [3.8, 4) is 11.3 Å². The van der Waals surface area contributed by atoms with E-state index in [0.29, 0.717) is 30.2 Å². The number of hydrogen-bond acceptors (Lipinski definition) is 6. The Morgan fingerprint density at radius 2 is 2.06 bits per heavy atom. The second-order valence-electron chi connectivity index (χ2n) is 8.79. The van der Waals surface area contributed by atoms with E-state index in [9.17, 15) is 4.39 Å². The summed E-state index contributed by atoms with van der Waals surface area (Å²) in [7, 11) is 0. The van der Waals surface area contributed by atoms with E-state index < -0.39 is 11.6 Å². The van der Waals surface area contributed by atoms with Gasteiger partial charge in [-0.05, 0) is 43.5 Å². The number of benzene rings is 1. The van der Waals surface area contributed by atoms with Gasteiger partial charge in [-0.1, -0.05) is 0 Å². The molecule has 0 bridgehead atoms. The van der Waals surface area contributed by atoms with Crippen molar-refractivity contribution in [2.24, 2.45) is 0 Å². The molecule has 6 rings (SSSR count). The first-order valence-corrected chi connectivity index (χ1v) is 12.0. The van der Waals surface area contributed by atoms with Gasteiger partial charge in [-0.2, -0.15) is 10.2 Å². The summed E-state index contributed by atoms with van der Waals surface area (Å²) in [6.07, 6.45) is 9.73. The maximum absolute atomic E-state index is 15.1. The van der Waals surface area contributed by atoms with Crippen LogP contribution in [0.15, 0.2) is 55.1 Å². The molecule has 0 saturated carbocycles. The number of fused-ring (bicyclic) bond motifs is 2. The molecule has 1 fully saturated rings. The fourth-order valence-electron chi connectivity index (χ4n) is 4.47. The van der Waals surface area contributed by atoms with Crippen LogP contribution < -0.4 is 0 Å². The first kappa shape index (κ1) is 22.7.